The fourth-order valence-electron chi connectivity index (χ4n) is 4.24. The largest absolute Gasteiger partial charge is 0.333 e. The van der Waals surface area contributed by atoms with Crippen LogP contribution in [0, 0.1) is 5.41 Å². The molecule has 4 rings (SSSR count). The summed E-state index contributed by atoms with van der Waals surface area (Å²) in [6, 6.07) is 16.1. The molecule has 1 aliphatic heterocycles. The van der Waals surface area contributed by atoms with Gasteiger partial charge in [0.05, 0.1) is 28.4 Å². The Kier molecular flexibility index (Phi) is 4.50. The van der Waals surface area contributed by atoms with Gasteiger partial charge in [-0.2, -0.15) is 0 Å². The van der Waals surface area contributed by atoms with E-state index < -0.39 is 0 Å². The predicted octanol–water partition coefficient (Wildman–Crippen LogP) is 6.08. The Hall–Kier alpha value is -3.14. The lowest BCUT2D eigenvalue weighted by molar-refractivity contribution is -0.115. The standard InChI is InChI=1S/C26H28N2O2/c1-25(2,3)17-15-24(30)22(16-23(17)29)27-18-11-7-9-13-20(18)28(26(4,5)6)21-14-10-8-12-19(21)27/h7-16H,1-6H3. The number of fused-ring (bicyclic) bond motifs is 2. The highest BCUT2D eigenvalue weighted by atomic mass is 16.1. The average molecular weight is 401 g/mol. The highest BCUT2D eigenvalue weighted by Gasteiger charge is 2.38. The zero-order chi connectivity index (χ0) is 21.8. The van der Waals surface area contributed by atoms with Crippen molar-refractivity contribution in [1.29, 1.82) is 0 Å². The maximum absolute atomic E-state index is 13.2. The molecule has 0 saturated carbocycles. The molecular weight excluding hydrogens is 372 g/mol. The third-order valence-corrected chi connectivity index (χ3v) is 5.51. The molecule has 154 valence electrons. The van der Waals surface area contributed by atoms with E-state index in [1.165, 1.54) is 12.2 Å². The molecule has 1 aliphatic carbocycles. The zero-order valence-electron chi connectivity index (χ0n) is 18.5. The minimum absolute atomic E-state index is 0.106. The Bertz CT molecular complexity index is 1060. The molecule has 4 nitrogen and oxygen atoms in total. The number of allylic oxidation sites excluding steroid dienone is 3. The zero-order valence-corrected chi connectivity index (χ0v) is 18.5. The van der Waals surface area contributed by atoms with E-state index in [-0.39, 0.29) is 22.5 Å². The molecule has 0 atom stereocenters. The number of rotatable bonds is 1. The maximum Gasteiger partial charge on any atom is 0.203 e. The van der Waals surface area contributed by atoms with Crippen molar-refractivity contribution in [2.24, 2.45) is 5.41 Å². The Morgan fingerprint density at radius 1 is 0.633 bits per heavy atom. The summed E-state index contributed by atoms with van der Waals surface area (Å²) in [5.74, 6) is -0.251. The van der Waals surface area contributed by atoms with E-state index in [0.717, 1.165) is 22.7 Å². The minimum atomic E-state index is -0.379. The normalized spacial score (nSPS) is 16.7. The number of nitrogens with zero attached hydrogens (tertiary/aromatic N) is 2. The molecule has 2 aromatic rings. The average Bonchev–Trinajstić information content (AvgIpc) is 2.65. The van der Waals surface area contributed by atoms with Crippen LogP contribution in [0.5, 0.6) is 0 Å². The topological polar surface area (TPSA) is 40.6 Å². The number of hydrogen-bond acceptors (Lipinski definition) is 4. The maximum atomic E-state index is 13.2. The molecule has 2 aromatic carbocycles. The van der Waals surface area contributed by atoms with Crippen LogP contribution in [-0.2, 0) is 9.59 Å². The minimum Gasteiger partial charge on any atom is -0.333 e. The summed E-state index contributed by atoms with van der Waals surface area (Å²) in [6.45, 7) is 12.4. The van der Waals surface area contributed by atoms with Crippen LogP contribution >= 0.6 is 0 Å². The number of carbonyl (C=O) groups excluding carboxylic acids is 2. The summed E-state index contributed by atoms with van der Waals surface area (Å²) in [5.41, 5.74) is 4.20. The van der Waals surface area contributed by atoms with Crippen molar-refractivity contribution in [3.05, 3.63) is 72.0 Å². The van der Waals surface area contributed by atoms with E-state index in [0.29, 0.717) is 11.3 Å². The fraction of sp³-hybridized carbons (Fsp3) is 0.308. The van der Waals surface area contributed by atoms with Gasteiger partial charge in [0, 0.05) is 17.2 Å². The first-order chi connectivity index (χ1) is 14.0. The van der Waals surface area contributed by atoms with Crippen LogP contribution < -0.4 is 9.80 Å². The molecule has 1 heterocycles. The van der Waals surface area contributed by atoms with E-state index in [9.17, 15) is 9.59 Å². The monoisotopic (exact) mass is 400 g/mol. The molecule has 0 spiro atoms. The van der Waals surface area contributed by atoms with Crippen molar-refractivity contribution in [3.63, 3.8) is 0 Å². The van der Waals surface area contributed by atoms with Gasteiger partial charge >= 0.3 is 0 Å². The number of para-hydroxylation sites is 4. The van der Waals surface area contributed by atoms with Gasteiger partial charge in [-0.25, -0.2) is 0 Å². The molecular formula is C26H28N2O2. The van der Waals surface area contributed by atoms with E-state index >= 15 is 0 Å². The molecule has 0 N–H and O–H groups in total. The van der Waals surface area contributed by atoms with Crippen molar-refractivity contribution in [2.75, 3.05) is 9.80 Å². The summed E-state index contributed by atoms with van der Waals surface area (Å²) in [5, 5.41) is 0. The highest BCUT2D eigenvalue weighted by Crippen LogP contribution is 2.52. The summed E-state index contributed by atoms with van der Waals surface area (Å²) >= 11 is 0. The van der Waals surface area contributed by atoms with Gasteiger partial charge in [0.15, 0.2) is 5.78 Å². The van der Waals surface area contributed by atoms with Crippen molar-refractivity contribution in [2.45, 2.75) is 47.1 Å². The van der Waals surface area contributed by atoms with Crippen LogP contribution in [0.1, 0.15) is 41.5 Å². The van der Waals surface area contributed by atoms with Crippen LogP contribution in [0.2, 0.25) is 0 Å². The number of hydrogen-bond donors (Lipinski definition) is 0. The van der Waals surface area contributed by atoms with Gasteiger partial charge in [-0.3, -0.25) is 9.59 Å². The molecule has 0 fully saturated rings. The van der Waals surface area contributed by atoms with Crippen molar-refractivity contribution in [3.8, 4) is 0 Å². The molecule has 0 bridgehead atoms. The van der Waals surface area contributed by atoms with Gasteiger partial charge in [-0.1, -0.05) is 45.0 Å². The molecule has 0 saturated heterocycles. The second-order valence-corrected chi connectivity index (χ2v) is 9.89. The Balaban J connectivity index is 1.93. The van der Waals surface area contributed by atoms with Gasteiger partial charge in [0.2, 0.25) is 5.78 Å². The third kappa shape index (κ3) is 3.17. The van der Waals surface area contributed by atoms with Crippen molar-refractivity contribution < 1.29 is 9.59 Å². The first kappa shape index (κ1) is 20.1. The first-order valence-corrected chi connectivity index (χ1v) is 10.3. The van der Waals surface area contributed by atoms with E-state index in [1.54, 1.807) is 0 Å². The SMILES string of the molecule is CC(C)(C)C1=CC(=O)C(N2c3ccccc3N(C(C)(C)C)c3ccccc32)=CC1=O. The number of anilines is 4. The molecule has 0 aromatic heterocycles. The fourth-order valence-corrected chi connectivity index (χ4v) is 4.24. The van der Waals surface area contributed by atoms with Crippen LogP contribution in [0.25, 0.3) is 0 Å². The lowest BCUT2D eigenvalue weighted by atomic mass is 9.80. The van der Waals surface area contributed by atoms with Gasteiger partial charge in [-0.15, -0.1) is 0 Å². The smallest absolute Gasteiger partial charge is 0.203 e. The highest BCUT2D eigenvalue weighted by molar-refractivity contribution is 6.23. The quantitative estimate of drug-likeness (QED) is 0.544. The molecule has 30 heavy (non-hydrogen) atoms. The van der Waals surface area contributed by atoms with Gasteiger partial charge in [-0.05, 0) is 56.5 Å². The van der Waals surface area contributed by atoms with Crippen molar-refractivity contribution in [1.82, 2.24) is 0 Å². The Morgan fingerprint density at radius 2 is 1.10 bits per heavy atom. The Morgan fingerprint density at radius 3 is 1.53 bits per heavy atom. The molecule has 0 unspecified atom stereocenters. The van der Waals surface area contributed by atoms with E-state index in [2.05, 4.69) is 37.8 Å². The van der Waals surface area contributed by atoms with Crippen LogP contribution in [0.15, 0.2) is 72.0 Å². The number of benzene rings is 2. The van der Waals surface area contributed by atoms with Gasteiger partial charge in [0.1, 0.15) is 0 Å². The summed E-state index contributed by atoms with van der Waals surface area (Å²) in [4.78, 5) is 30.4. The first-order valence-electron chi connectivity index (χ1n) is 10.3. The van der Waals surface area contributed by atoms with Gasteiger partial charge < -0.3 is 9.80 Å². The van der Waals surface area contributed by atoms with E-state index in [4.69, 9.17) is 0 Å². The Labute approximate surface area is 178 Å². The predicted molar refractivity (Wildman–Crippen MR) is 123 cm³/mol. The lowest BCUT2D eigenvalue weighted by Crippen LogP contribution is -2.42. The molecule has 0 amide bonds. The molecule has 4 heteroatoms. The summed E-state index contributed by atoms with van der Waals surface area (Å²) in [7, 11) is 0. The lowest BCUT2D eigenvalue weighted by Gasteiger charge is -2.46. The van der Waals surface area contributed by atoms with Crippen LogP contribution in [-0.4, -0.2) is 17.1 Å². The second-order valence-electron chi connectivity index (χ2n) is 9.89. The number of carbonyl (C=O) groups is 2. The van der Waals surface area contributed by atoms with Gasteiger partial charge in [0.25, 0.3) is 0 Å². The summed E-state index contributed by atoms with van der Waals surface area (Å²) in [6.07, 6.45) is 3.02. The molecule has 0 radical (unpaired) electrons. The second kappa shape index (κ2) is 6.69. The molecule has 2 aliphatic rings. The van der Waals surface area contributed by atoms with Crippen LogP contribution in [0.4, 0.5) is 22.7 Å². The van der Waals surface area contributed by atoms with Crippen LogP contribution in [0.3, 0.4) is 0 Å². The third-order valence-electron chi connectivity index (χ3n) is 5.51. The summed E-state index contributed by atoms with van der Waals surface area (Å²) < 4.78 is 0. The number of ketones is 2. The van der Waals surface area contributed by atoms with E-state index in [1.807, 2.05) is 62.1 Å². The van der Waals surface area contributed by atoms with Crippen molar-refractivity contribution >= 4 is 34.3 Å².